The Kier molecular flexibility index (Phi) is 6.23. The second kappa shape index (κ2) is 8.64. The van der Waals surface area contributed by atoms with Gasteiger partial charge in [-0.2, -0.15) is 13.2 Å². The maximum absolute atomic E-state index is 12.8. The van der Waals surface area contributed by atoms with Gasteiger partial charge in [0.15, 0.2) is 11.5 Å². The van der Waals surface area contributed by atoms with Gasteiger partial charge >= 0.3 is 6.18 Å². The predicted octanol–water partition coefficient (Wildman–Crippen LogP) is 3.59. The van der Waals surface area contributed by atoms with Crippen molar-refractivity contribution >= 4 is 5.95 Å². The van der Waals surface area contributed by atoms with Crippen molar-refractivity contribution in [3.63, 3.8) is 0 Å². The summed E-state index contributed by atoms with van der Waals surface area (Å²) in [5.41, 5.74) is 0.0524. The van der Waals surface area contributed by atoms with E-state index in [-0.39, 0.29) is 12.0 Å². The number of likely N-dealkylation sites (tertiary alicyclic amines) is 1. The number of nitrogens with zero attached hydrogens (tertiary/aromatic N) is 3. The van der Waals surface area contributed by atoms with E-state index in [4.69, 9.17) is 9.47 Å². The minimum absolute atomic E-state index is 0.000589. The Morgan fingerprint density at radius 1 is 1.21 bits per heavy atom. The Hall–Kier alpha value is -2.55. The van der Waals surface area contributed by atoms with Crippen LogP contribution < -0.4 is 14.8 Å². The summed E-state index contributed by atoms with van der Waals surface area (Å²) in [5, 5.41) is 3.04. The number of hydrogen-bond donors (Lipinski definition) is 1. The van der Waals surface area contributed by atoms with Crippen LogP contribution in [0, 0.1) is 0 Å². The standard InChI is InChI=1S/C19H23F3N4O2/c1-27-15-7-3-5-13(17(15)28-2)11-26-10-4-6-14(12-26)24-18-23-9-8-16(25-18)19(20,21)22/h3,5,7-9,14H,4,6,10-12H2,1-2H3,(H,23,24,25). The lowest BCUT2D eigenvalue weighted by Crippen LogP contribution is -2.42. The molecule has 1 N–H and O–H groups in total. The topological polar surface area (TPSA) is 59.5 Å². The van der Waals surface area contributed by atoms with Crippen LogP contribution in [-0.2, 0) is 12.7 Å². The maximum atomic E-state index is 12.8. The average Bonchev–Trinajstić information content (AvgIpc) is 2.67. The number of halogens is 3. The van der Waals surface area contributed by atoms with Crippen LogP contribution in [0.3, 0.4) is 0 Å². The molecule has 1 aliphatic heterocycles. The Morgan fingerprint density at radius 2 is 2.04 bits per heavy atom. The van der Waals surface area contributed by atoms with E-state index in [2.05, 4.69) is 20.2 Å². The van der Waals surface area contributed by atoms with E-state index in [1.165, 1.54) is 0 Å². The lowest BCUT2D eigenvalue weighted by atomic mass is 10.0. The molecule has 1 aromatic carbocycles. The summed E-state index contributed by atoms with van der Waals surface area (Å²) in [7, 11) is 3.20. The fraction of sp³-hybridized carbons (Fsp3) is 0.474. The number of ether oxygens (including phenoxy) is 2. The summed E-state index contributed by atoms with van der Waals surface area (Å²) in [6, 6.07) is 6.57. The lowest BCUT2D eigenvalue weighted by Gasteiger charge is -2.33. The summed E-state index contributed by atoms with van der Waals surface area (Å²) >= 11 is 0. The van der Waals surface area contributed by atoms with E-state index in [1.54, 1.807) is 14.2 Å². The fourth-order valence-electron chi connectivity index (χ4n) is 3.40. The predicted molar refractivity (Wildman–Crippen MR) is 98.5 cm³/mol. The molecule has 2 heterocycles. The molecule has 6 nitrogen and oxygen atoms in total. The fourth-order valence-corrected chi connectivity index (χ4v) is 3.40. The molecule has 3 rings (SSSR count). The third kappa shape index (κ3) is 4.83. The van der Waals surface area contributed by atoms with Crippen molar-refractivity contribution in [2.75, 3.05) is 32.6 Å². The molecule has 1 unspecified atom stereocenters. The van der Waals surface area contributed by atoms with Crippen LogP contribution in [0.5, 0.6) is 11.5 Å². The second-order valence-electron chi connectivity index (χ2n) is 6.63. The van der Waals surface area contributed by atoms with Crippen molar-refractivity contribution < 1.29 is 22.6 Å². The molecule has 0 amide bonds. The highest BCUT2D eigenvalue weighted by molar-refractivity contribution is 5.46. The maximum Gasteiger partial charge on any atom is 0.433 e. The Labute approximate surface area is 161 Å². The summed E-state index contributed by atoms with van der Waals surface area (Å²) in [6.45, 7) is 2.21. The van der Waals surface area contributed by atoms with E-state index in [1.807, 2.05) is 18.2 Å². The molecule has 1 atom stereocenters. The first-order chi connectivity index (χ1) is 13.4. The SMILES string of the molecule is COc1cccc(CN2CCCC(Nc3nccc(C(F)(F)F)n3)C2)c1OC. The molecular weight excluding hydrogens is 373 g/mol. The summed E-state index contributed by atoms with van der Waals surface area (Å²) in [4.78, 5) is 9.75. The normalized spacial score (nSPS) is 18.0. The minimum atomic E-state index is -4.49. The van der Waals surface area contributed by atoms with Crippen molar-refractivity contribution in [3.8, 4) is 11.5 Å². The first-order valence-electron chi connectivity index (χ1n) is 8.99. The number of rotatable bonds is 6. The second-order valence-corrected chi connectivity index (χ2v) is 6.63. The molecule has 1 saturated heterocycles. The van der Waals surface area contributed by atoms with Crippen molar-refractivity contribution in [1.82, 2.24) is 14.9 Å². The monoisotopic (exact) mass is 396 g/mol. The highest BCUT2D eigenvalue weighted by Crippen LogP contribution is 2.32. The van der Waals surface area contributed by atoms with Gasteiger partial charge in [-0.25, -0.2) is 9.97 Å². The first kappa shape index (κ1) is 20.2. The number of benzene rings is 1. The summed E-state index contributed by atoms with van der Waals surface area (Å²) < 4.78 is 49.3. The van der Waals surface area contributed by atoms with Crippen molar-refractivity contribution in [2.45, 2.75) is 31.6 Å². The van der Waals surface area contributed by atoms with Crippen LogP contribution >= 0.6 is 0 Å². The highest BCUT2D eigenvalue weighted by Gasteiger charge is 2.33. The number of hydrogen-bond acceptors (Lipinski definition) is 6. The van der Waals surface area contributed by atoms with Gasteiger partial charge in [0.1, 0.15) is 5.69 Å². The Balaban J connectivity index is 1.67. The van der Waals surface area contributed by atoms with Crippen LogP contribution in [0.15, 0.2) is 30.5 Å². The van der Waals surface area contributed by atoms with Crippen LogP contribution in [0.1, 0.15) is 24.1 Å². The van der Waals surface area contributed by atoms with Crippen LogP contribution in [0.25, 0.3) is 0 Å². The Bertz CT molecular complexity index is 801. The van der Waals surface area contributed by atoms with Gasteiger partial charge in [-0.05, 0) is 31.5 Å². The van der Waals surface area contributed by atoms with E-state index in [9.17, 15) is 13.2 Å². The van der Waals surface area contributed by atoms with Gasteiger partial charge in [-0.15, -0.1) is 0 Å². The van der Waals surface area contributed by atoms with E-state index in [0.717, 1.165) is 37.2 Å². The van der Waals surface area contributed by atoms with Crippen molar-refractivity contribution in [3.05, 3.63) is 41.7 Å². The van der Waals surface area contributed by atoms with E-state index >= 15 is 0 Å². The van der Waals surface area contributed by atoms with Gasteiger partial charge in [0.2, 0.25) is 5.95 Å². The third-order valence-electron chi connectivity index (χ3n) is 4.66. The number of aromatic nitrogens is 2. The smallest absolute Gasteiger partial charge is 0.433 e. The van der Waals surface area contributed by atoms with Crippen molar-refractivity contribution in [2.24, 2.45) is 0 Å². The number of para-hydroxylation sites is 1. The molecule has 28 heavy (non-hydrogen) atoms. The summed E-state index contributed by atoms with van der Waals surface area (Å²) in [6.07, 6.45) is -1.60. The molecule has 2 aromatic rings. The van der Waals surface area contributed by atoms with E-state index in [0.29, 0.717) is 24.6 Å². The minimum Gasteiger partial charge on any atom is -0.493 e. The van der Waals surface area contributed by atoms with Gasteiger partial charge in [0, 0.05) is 30.9 Å². The van der Waals surface area contributed by atoms with Gasteiger partial charge in [0.25, 0.3) is 0 Å². The first-order valence-corrected chi connectivity index (χ1v) is 8.99. The van der Waals surface area contributed by atoms with Gasteiger partial charge in [0.05, 0.1) is 14.2 Å². The quantitative estimate of drug-likeness (QED) is 0.805. The van der Waals surface area contributed by atoms with Crippen LogP contribution in [0.2, 0.25) is 0 Å². The molecule has 1 fully saturated rings. The lowest BCUT2D eigenvalue weighted by molar-refractivity contribution is -0.141. The third-order valence-corrected chi connectivity index (χ3v) is 4.66. The van der Waals surface area contributed by atoms with E-state index < -0.39 is 11.9 Å². The number of nitrogens with one attached hydrogen (secondary N) is 1. The van der Waals surface area contributed by atoms with Gasteiger partial charge in [-0.3, -0.25) is 4.90 Å². The molecule has 1 aliphatic rings. The molecule has 1 aromatic heterocycles. The molecule has 0 saturated carbocycles. The zero-order chi connectivity index (χ0) is 20.1. The van der Waals surface area contributed by atoms with Crippen LogP contribution in [-0.4, -0.2) is 48.2 Å². The molecule has 0 aliphatic carbocycles. The number of piperidine rings is 1. The zero-order valence-electron chi connectivity index (χ0n) is 15.8. The number of anilines is 1. The zero-order valence-corrected chi connectivity index (χ0v) is 15.8. The van der Waals surface area contributed by atoms with Crippen LogP contribution in [0.4, 0.5) is 19.1 Å². The molecule has 9 heteroatoms. The van der Waals surface area contributed by atoms with Gasteiger partial charge in [-0.1, -0.05) is 12.1 Å². The molecular formula is C19H23F3N4O2. The van der Waals surface area contributed by atoms with Crippen molar-refractivity contribution in [1.29, 1.82) is 0 Å². The molecule has 0 spiro atoms. The molecule has 0 radical (unpaired) electrons. The molecule has 152 valence electrons. The number of methoxy groups -OCH3 is 2. The largest absolute Gasteiger partial charge is 0.493 e. The average molecular weight is 396 g/mol. The van der Waals surface area contributed by atoms with Gasteiger partial charge < -0.3 is 14.8 Å². The highest BCUT2D eigenvalue weighted by atomic mass is 19.4. The number of alkyl halides is 3. The summed E-state index contributed by atoms with van der Waals surface area (Å²) in [5.74, 6) is 1.37. The molecule has 0 bridgehead atoms. The Morgan fingerprint density at radius 3 is 2.75 bits per heavy atom.